The molecule has 1 aliphatic rings. The number of rotatable bonds is 4. The van der Waals surface area contributed by atoms with E-state index >= 15 is 0 Å². The fourth-order valence-corrected chi connectivity index (χ4v) is 4.37. The van der Waals surface area contributed by atoms with Crippen LogP contribution in [-0.2, 0) is 12.8 Å². The minimum absolute atomic E-state index is 0.139. The van der Waals surface area contributed by atoms with E-state index < -0.39 is 0 Å². The zero-order valence-electron chi connectivity index (χ0n) is 12.1. The minimum atomic E-state index is 0.139. The van der Waals surface area contributed by atoms with E-state index in [0.29, 0.717) is 5.92 Å². The lowest BCUT2D eigenvalue weighted by molar-refractivity contribution is 0.479. The fourth-order valence-electron chi connectivity index (χ4n) is 3.37. The molecule has 20 heavy (non-hydrogen) atoms. The molecule has 0 aliphatic heterocycles. The van der Waals surface area contributed by atoms with E-state index in [2.05, 4.69) is 42.6 Å². The maximum absolute atomic E-state index is 6.61. The van der Waals surface area contributed by atoms with Gasteiger partial charge < -0.3 is 5.73 Å². The van der Waals surface area contributed by atoms with Crippen molar-refractivity contribution < 1.29 is 0 Å². The molecule has 0 bridgehead atoms. The Hall–Kier alpha value is -1.12. The summed E-state index contributed by atoms with van der Waals surface area (Å²) in [6.07, 6.45) is 6.08. The average molecular weight is 285 g/mol. The van der Waals surface area contributed by atoms with Gasteiger partial charge in [0.05, 0.1) is 0 Å². The molecule has 0 amide bonds. The second-order valence-corrected chi connectivity index (χ2v) is 6.82. The standard InChI is InChI=1S/C18H23NS/c1-2-5-13-6-3-7-14(12-13)18(19)16-8-4-9-17-15(16)10-11-20-17/h3,6-7,10-12,16,18H,2,4-5,8-9,19H2,1H3. The molecule has 1 aromatic heterocycles. The van der Waals surface area contributed by atoms with Crippen molar-refractivity contribution in [3.63, 3.8) is 0 Å². The maximum atomic E-state index is 6.61. The average Bonchev–Trinajstić information content (AvgIpc) is 2.95. The van der Waals surface area contributed by atoms with Gasteiger partial charge in [-0.1, -0.05) is 37.6 Å². The van der Waals surface area contributed by atoms with E-state index in [-0.39, 0.29) is 6.04 Å². The first-order valence-corrected chi connectivity index (χ1v) is 8.58. The maximum Gasteiger partial charge on any atom is 0.0364 e. The van der Waals surface area contributed by atoms with Gasteiger partial charge in [0.2, 0.25) is 0 Å². The molecule has 3 rings (SSSR count). The SMILES string of the molecule is CCCc1cccc(C(N)C2CCCc3sccc32)c1. The van der Waals surface area contributed by atoms with Crippen LogP contribution < -0.4 is 5.73 Å². The summed E-state index contributed by atoms with van der Waals surface area (Å²) in [5, 5.41) is 2.23. The summed E-state index contributed by atoms with van der Waals surface area (Å²) in [4.78, 5) is 1.56. The van der Waals surface area contributed by atoms with E-state index in [0.717, 1.165) is 6.42 Å². The van der Waals surface area contributed by atoms with E-state index in [1.165, 1.54) is 42.4 Å². The highest BCUT2D eigenvalue weighted by atomic mass is 32.1. The number of nitrogens with two attached hydrogens (primary N) is 1. The van der Waals surface area contributed by atoms with Crippen LogP contribution in [0.5, 0.6) is 0 Å². The molecule has 0 saturated heterocycles. The van der Waals surface area contributed by atoms with Gasteiger partial charge in [0.15, 0.2) is 0 Å². The molecule has 2 atom stereocenters. The van der Waals surface area contributed by atoms with Crippen molar-refractivity contribution >= 4 is 11.3 Å². The molecule has 1 aliphatic carbocycles. The predicted octanol–water partition coefficient (Wildman–Crippen LogP) is 4.82. The second kappa shape index (κ2) is 6.11. The van der Waals surface area contributed by atoms with Crippen LogP contribution in [0.2, 0.25) is 0 Å². The number of benzene rings is 1. The third kappa shape index (κ3) is 2.68. The lowest BCUT2D eigenvalue weighted by Crippen LogP contribution is -2.22. The first kappa shape index (κ1) is 13.8. The molecule has 2 unspecified atom stereocenters. The third-order valence-electron chi connectivity index (χ3n) is 4.41. The van der Waals surface area contributed by atoms with Crippen molar-refractivity contribution in [2.75, 3.05) is 0 Å². The van der Waals surface area contributed by atoms with Gasteiger partial charge in [-0.3, -0.25) is 0 Å². The van der Waals surface area contributed by atoms with E-state index in [4.69, 9.17) is 5.73 Å². The summed E-state index contributed by atoms with van der Waals surface area (Å²) in [5.74, 6) is 0.502. The van der Waals surface area contributed by atoms with Gasteiger partial charge in [0, 0.05) is 16.8 Å². The Morgan fingerprint density at radius 3 is 3.10 bits per heavy atom. The minimum Gasteiger partial charge on any atom is -0.323 e. The van der Waals surface area contributed by atoms with Crippen molar-refractivity contribution in [3.05, 3.63) is 57.3 Å². The van der Waals surface area contributed by atoms with Gasteiger partial charge in [0.1, 0.15) is 0 Å². The van der Waals surface area contributed by atoms with Crippen LogP contribution in [0.15, 0.2) is 35.7 Å². The molecule has 0 fully saturated rings. The monoisotopic (exact) mass is 285 g/mol. The normalized spacial score (nSPS) is 19.6. The molecule has 106 valence electrons. The summed E-state index contributed by atoms with van der Waals surface area (Å²) >= 11 is 1.90. The van der Waals surface area contributed by atoms with Crippen molar-refractivity contribution in [1.29, 1.82) is 0 Å². The topological polar surface area (TPSA) is 26.0 Å². The highest BCUT2D eigenvalue weighted by Gasteiger charge is 2.27. The van der Waals surface area contributed by atoms with E-state index in [1.807, 2.05) is 11.3 Å². The predicted molar refractivity (Wildman–Crippen MR) is 87.4 cm³/mol. The largest absolute Gasteiger partial charge is 0.323 e. The molecule has 2 heteroatoms. The van der Waals surface area contributed by atoms with Gasteiger partial charge in [-0.15, -0.1) is 11.3 Å². The first-order valence-electron chi connectivity index (χ1n) is 7.70. The highest BCUT2D eigenvalue weighted by molar-refractivity contribution is 7.10. The summed E-state index contributed by atoms with van der Waals surface area (Å²) in [7, 11) is 0. The Bertz CT molecular complexity index is 572. The lowest BCUT2D eigenvalue weighted by atomic mass is 9.80. The van der Waals surface area contributed by atoms with Crippen molar-refractivity contribution in [2.24, 2.45) is 5.73 Å². The van der Waals surface area contributed by atoms with Crippen LogP contribution >= 0.6 is 11.3 Å². The Balaban J connectivity index is 1.86. The molecular weight excluding hydrogens is 262 g/mol. The Morgan fingerprint density at radius 2 is 2.25 bits per heavy atom. The molecule has 0 spiro atoms. The Labute approximate surface area is 125 Å². The van der Waals surface area contributed by atoms with Gasteiger partial charge in [0.25, 0.3) is 0 Å². The third-order valence-corrected chi connectivity index (χ3v) is 5.40. The van der Waals surface area contributed by atoms with Gasteiger partial charge in [-0.05, 0) is 53.8 Å². The molecular formula is C18H23NS. The number of aryl methyl sites for hydroxylation is 2. The Morgan fingerprint density at radius 1 is 1.35 bits per heavy atom. The highest BCUT2D eigenvalue weighted by Crippen LogP contribution is 2.41. The van der Waals surface area contributed by atoms with Crippen molar-refractivity contribution in [1.82, 2.24) is 0 Å². The summed E-state index contributed by atoms with van der Waals surface area (Å²) in [6.45, 7) is 2.23. The fraction of sp³-hybridized carbons (Fsp3) is 0.444. The summed E-state index contributed by atoms with van der Waals surface area (Å²) in [6, 6.07) is 11.3. The molecule has 1 nitrogen and oxygen atoms in total. The molecule has 2 N–H and O–H groups in total. The van der Waals surface area contributed by atoms with Gasteiger partial charge in [-0.2, -0.15) is 0 Å². The summed E-state index contributed by atoms with van der Waals surface area (Å²) < 4.78 is 0. The van der Waals surface area contributed by atoms with Crippen molar-refractivity contribution in [2.45, 2.75) is 51.0 Å². The van der Waals surface area contributed by atoms with Gasteiger partial charge in [-0.25, -0.2) is 0 Å². The molecule has 0 radical (unpaired) electrons. The summed E-state index contributed by atoms with van der Waals surface area (Å²) in [5.41, 5.74) is 10.8. The number of hydrogen-bond acceptors (Lipinski definition) is 2. The molecule has 1 aromatic carbocycles. The second-order valence-electron chi connectivity index (χ2n) is 5.82. The smallest absolute Gasteiger partial charge is 0.0364 e. The van der Waals surface area contributed by atoms with Crippen molar-refractivity contribution in [3.8, 4) is 0 Å². The van der Waals surface area contributed by atoms with Crippen LogP contribution in [0.3, 0.4) is 0 Å². The van der Waals surface area contributed by atoms with Crippen LogP contribution in [0.4, 0.5) is 0 Å². The zero-order valence-corrected chi connectivity index (χ0v) is 13.0. The molecule has 1 heterocycles. The van der Waals surface area contributed by atoms with E-state index in [1.54, 1.807) is 4.88 Å². The number of hydrogen-bond donors (Lipinski definition) is 1. The van der Waals surface area contributed by atoms with Crippen LogP contribution in [-0.4, -0.2) is 0 Å². The Kier molecular flexibility index (Phi) is 4.23. The first-order chi connectivity index (χ1) is 9.79. The number of thiophene rings is 1. The van der Waals surface area contributed by atoms with E-state index in [9.17, 15) is 0 Å². The quantitative estimate of drug-likeness (QED) is 0.856. The number of fused-ring (bicyclic) bond motifs is 1. The van der Waals surface area contributed by atoms with Gasteiger partial charge >= 0.3 is 0 Å². The zero-order chi connectivity index (χ0) is 13.9. The van der Waals surface area contributed by atoms with Crippen LogP contribution in [0, 0.1) is 0 Å². The molecule has 0 saturated carbocycles. The lowest BCUT2D eigenvalue weighted by Gasteiger charge is -2.28. The molecule has 2 aromatic rings. The van der Waals surface area contributed by atoms with Crippen LogP contribution in [0.1, 0.15) is 59.7 Å². The van der Waals surface area contributed by atoms with Crippen LogP contribution in [0.25, 0.3) is 0 Å².